The van der Waals surface area contributed by atoms with E-state index in [1.165, 1.54) is 0 Å². The van der Waals surface area contributed by atoms with Gasteiger partial charge in [-0.2, -0.15) is 0 Å². The Morgan fingerprint density at radius 2 is 1.72 bits per heavy atom. The van der Waals surface area contributed by atoms with E-state index in [1.807, 2.05) is 30.3 Å². The van der Waals surface area contributed by atoms with Gasteiger partial charge in [-0.25, -0.2) is 0 Å². The summed E-state index contributed by atoms with van der Waals surface area (Å²) in [5.41, 5.74) is 8.89. The van der Waals surface area contributed by atoms with Crippen LogP contribution in [0.1, 0.15) is 37.4 Å². The first-order chi connectivity index (χ1) is 8.66. The highest BCUT2D eigenvalue weighted by Crippen LogP contribution is 2.27. The van der Waals surface area contributed by atoms with Crippen LogP contribution < -0.4 is 5.73 Å². The molecular weight excluding hydrogens is 226 g/mol. The molecule has 0 aromatic heterocycles. The molecule has 3 rings (SSSR count). The van der Waals surface area contributed by atoms with Gasteiger partial charge in [0.1, 0.15) is 0 Å². The standard InChI is InChI=1S/C15H11NO2/c16-15(18)11-6-5-10-7-9-3-1-2-4-12(9)14(17)13(10)8-11/h1-6,8H,7H2,(H2,16,18). The number of hydrogen-bond donors (Lipinski definition) is 1. The number of benzene rings is 2. The summed E-state index contributed by atoms with van der Waals surface area (Å²) in [6.45, 7) is 0. The Labute approximate surface area is 104 Å². The van der Waals surface area contributed by atoms with Crippen molar-refractivity contribution in [1.29, 1.82) is 0 Å². The Hall–Kier alpha value is -2.42. The largest absolute Gasteiger partial charge is 0.366 e. The second kappa shape index (κ2) is 3.81. The molecule has 88 valence electrons. The van der Waals surface area contributed by atoms with Crippen molar-refractivity contribution in [3.05, 3.63) is 70.3 Å². The SMILES string of the molecule is NC(=O)c1ccc2c(c1)C(=O)c1ccccc1C2. The lowest BCUT2D eigenvalue weighted by Gasteiger charge is -2.18. The Bertz CT molecular complexity index is 674. The van der Waals surface area contributed by atoms with Crippen LogP contribution in [0.5, 0.6) is 0 Å². The van der Waals surface area contributed by atoms with E-state index in [-0.39, 0.29) is 5.78 Å². The molecule has 2 N–H and O–H groups in total. The van der Waals surface area contributed by atoms with Gasteiger partial charge >= 0.3 is 0 Å². The molecule has 0 unspecified atom stereocenters. The fourth-order valence-electron chi connectivity index (χ4n) is 2.34. The van der Waals surface area contributed by atoms with Crippen molar-refractivity contribution in [2.75, 3.05) is 0 Å². The minimum atomic E-state index is -0.510. The monoisotopic (exact) mass is 237 g/mol. The molecule has 0 heterocycles. The molecule has 1 aliphatic carbocycles. The van der Waals surface area contributed by atoms with Gasteiger partial charge in [-0.3, -0.25) is 9.59 Å². The van der Waals surface area contributed by atoms with Crippen LogP contribution in [0.15, 0.2) is 42.5 Å². The third-order valence-corrected chi connectivity index (χ3v) is 3.28. The maximum absolute atomic E-state index is 12.3. The third kappa shape index (κ3) is 1.52. The highest BCUT2D eigenvalue weighted by Gasteiger charge is 2.23. The van der Waals surface area contributed by atoms with Crippen LogP contribution in [0.4, 0.5) is 0 Å². The molecule has 0 bridgehead atoms. The summed E-state index contributed by atoms with van der Waals surface area (Å²) in [4.78, 5) is 23.5. The maximum atomic E-state index is 12.3. The zero-order valence-corrected chi connectivity index (χ0v) is 9.64. The summed E-state index contributed by atoms with van der Waals surface area (Å²) in [5.74, 6) is -0.542. The molecule has 0 atom stereocenters. The first kappa shape index (κ1) is 10.7. The van der Waals surface area contributed by atoms with E-state index in [2.05, 4.69) is 0 Å². The minimum absolute atomic E-state index is 0.0325. The topological polar surface area (TPSA) is 60.2 Å². The van der Waals surface area contributed by atoms with Gasteiger partial charge in [0.25, 0.3) is 0 Å². The molecule has 3 heteroatoms. The maximum Gasteiger partial charge on any atom is 0.248 e. The molecule has 0 spiro atoms. The lowest BCUT2D eigenvalue weighted by Crippen LogP contribution is -2.17. The zero-order valence-electron chi connectivity index (χ0n) is 9.64. The quantitative estimate of drug-likeness (QED) is 0.702. The van der Waals surface area contributed by atoms with Gasteiger partial charge in [-0.1, -0.05) is 30.3 Å². The van der Waals surface area contributed by atoms with Crippen molar-refractivity contribution in [2.45, 2.75) is 6.42 Å². The molecule has 2 aromatic carbocycles. The van der Waals surface area contributed by atoms with E-state index in [4.69, 9.17) is 5.73 Å². The number of primary amides is 1. The summed E-state index contributed by atoms with van der Waals surface area (Å²) in [7, 11) is 0. The van der Waals surface area contributed by atoms with Gasteiger partial charge < -0.3 is 5.73 Å². The number of nitrogens with two attached hydrogens (primary N) is 1. The van der Waals surface area contributed by atoms with Crippen molar-refractivity contribution >= 4 is 11.7 Å². The second-order valence-corrected chi connectivity index (χ2v) is 4.40. The first-order valence-electron chi connectivity index (χ1n) is 5.72. The zero-order chi connectivity index (χ0) is 12.7. The number of carbonyl (C=O) groups is 2. The number of fused-ring (bicyclic) bond motifs is 2. The number of rotatable bonds is 1. The number of carbonyl (C=O) groups excluding carboxylic acids is 2. The molecule has 1 amide bonds. The predicted octanol–water partition coefficient (Wildman–Crippen LogP) is 1.92. The highest BCUT2D eigenvalue weighted by molar-refractivity contribution is 6.13. The van der Waals surface area contributed by atoms with E-state index in [0.29, 0.717) is 16.7 Å². The Balaban J connectivity index is 2.17. The second-order valence-electron chi connectivity index (χ2n) is 4.40. The molecular formula is C15H11NO2. The third-order valence-electron chi connectivity index (χ3n) is 3.28. The van der Waals surface area contributed by atoms with Crippen LogP contribution >= 0.6 is 0 Å². The van der Waals surface area contributed by atoms with Crippen molar-refractivity contribution in [3.8, 4) is 0 Å². The van der Waals surface area contributed by atoms with Crippen LogP contribution in [0.25, 0.3) is 0 Å². The molecule has 2 aromatic rings. The number of ketones is 1. The molecule has 0 saturated carbocycles. The predicted molar refractivity (Wildman–Crippen MR) is 67.6 cm³/mol. The molecule has 0 aliphatic heterocycles. The molecule has 3 nitrogen and oxygen atoms in total. The van der Waals surface area contributed by atoms with Crippen molar-refractivity contribution in [2.24, 2.45) is 5.73 Å². The fourth-order valence-corrected chi connectivity index (χ4v) is 2.34. The normalized spacial score (nSPS) is 12.8. The van der Waals surface area contributed by atoms with Gasteiger partial charge in [0.15, 0.2) is 5.78 Å². The van der Waals surface area contributed by atoms with Gasteiger partial charge in [-0.05, 0) is 29.7 Å². The van der Waals surface area contributed by atoms with Crippen LogP contribution in [-0.2, 0) is 6.42 Å². The Morgan fingerprint density at radius 1 is 1.00 bits per heavy atom. The Kier molecular flexibility index (Phi) is 2.27. The van der Waals surface area contributed by atoms with Crippen LogP contribution in [0, 0.1) is 0 Å². The minimum Gasteiger partial charge on any atom is -0.366 e. The molecule has 1 aliphatic rings. The number of hydrogen-bond acceptors (Lipinski definition) is 2. The molecule has 0 radical (unpaired) electrons. The summed E-state index contributed by atoms with van der Waals surface area (Å²) >= 11 is 0. The summed E-state index contributed by atoms with van der Waals surface area (Å²) in [5, 5.41) is 0. The average Bonchev–Trinajstić information content (AvgIpc) is 2.38. The molecule has 18 heavy (non-hydrogen) atoms. The van der Waals surface area contributed by atoms with Crippen LogP contribution in [0.2, 0.25) is 0 Å². The van der Waals surface area contributed by atoms with E-state index >= 15 is 0 Å². The van der Waals surface area contributed by atoms with E-state index < -0.39 is 5.91 Å². The molecule has 0 saturated heterocycles. The van der Waals surface area contributed by atoms with Crippen LogP contribution in [-0.4, -0.2) is 11.7 Å². The summed E-state index contributed by atoms with van der Waals surface area (Å²) < 4.78 is 0. The fraction of sp³-hybridized carbons (Fsp3) is 0.0667. The lowest BCUT2D eigenvalue weighted by atomic mass is 9.84. The smallest absolute Gasteiger partial charge is 0.248 e. The lowest BCUT2D eigenvalue weighted by molar-refractivity contribution is 0.1000. The molecule has 0 fully saturated rings. The van der Waals surface area contributed by atoms with Crippen molar-refractivity contribution in [3.63, 3.8) is 0 Å². The van der Waals surface area contributed by atoms with Gasteiger partial charge in [0.05, 0.1) is 0 Å². The van der Waals surface area contributed by atoms with Gasteiger partial charge in [0, 0.05) is 16.7 Å². The van der Waals surface area contributed by atoms with Crippen molar-refractivity contribution < 1.29 is 9.59 Å². The van der Waals surface area contributed by atoms with E-state index in [9.17, 15) is 9.59 Å². The van der Waals surface area contributed by atoms with Crippen molar-refractivity contribution in [1.82, 2.24) is 0 Å². The van der Waals surface area contributed by atoms with Gasteiger partial charge in [0.2, 0.25) is 5.91 Å². The first-order valence-corrected chi connectivity index (χ1v) is 5.72. The number of amides is 1. The van der Waals surface area contributed by atoms with E-state index in [1.54, 1.807) is 12.1 Å². The average molecular weight is 237 g/mol. The van der Waals surface area contributed by atoms with E-state index in [0.717, 1.165) is 17.5 Å². The van der Waals surface area contributed by atoms with Gasteiger partial charge in [-0.15, -0.1) is 0 Å². The highest BCUT2D eigenvalue weighted by atomic mass is 16.1. The Morgan fingerprint density at radius 3 is 2.50 bits per heavy atom. The summed E-state index contributed by atoms with van der Waals surface area (Å²) in [6.07, 6.45) is 0.719. The van der Waals surface area contributed by atoms with Crippen LogP contribution in [0.3, 0.4) is 0 Å². The summed E-state index contributed by atoms with van der Waals surface area (Å²) in [6, 6.07) is 12.6.